The molecule has 0 saturated carbocycles. The van der Waals surface area contributed by atoms with Crippen molar-refractivity contribution in [1.82, 2.24) is 0 Å². The predicted molar refractivity (Wildman–Crippen MR) is 103 cm³/mol. The van der Waals surface area contributed by atoms with Crippen molar-refractivity contribution >= 4 is 31.9 Å². The molecule has 0 amide bonds. The molecule has 0 fully saturated rings. The smallest absolute Gasteiger partial charge is 0.0174 e. The minimum atomic E-state index is 0.381. The summed E-state index contributed by atoms with van der Waals surface area (Å²) < 4.78 is 2.20. The van der Waals surface area contributed by atoms with Crippen molar-refractivity contribution in [3.8, 4) is 0 Å². The van der Waals surface area contributed by atoms with E-state index < -0.39 is 0 Å². The van der Waals surface area contributed by atoms with E-state index >= 15 is 0 Å². The van der Waals surface area contributed by atoms with Crippen LogP contribution in [0.25, 0.3) is 0 Å². The monoisotopic (exact) mass is 408 g/mol. The van der Waals surface area contributed by atoms with Crippen LogP contribution in [0.5, 0.6) is 0 Å². The summed E-state index contributed by atoms with van der Waals surface area (Å²) in [5, 5.41) is 0. The van der Waals surface area contributed by atoms with Gasteiger partial charge in [0.05, 0.1) is 0 Å². The molecule has 2 unspecified atom stereocenters. The van der Waals surface area contributed by atoms with Gasteiger partial charge >= 0.3 is 0 Å². The second-order valence-electron chi connectivity index (χ2n) is 5.04. The molecular weight excluding hydrogens is 388 g/mol. The molecule has 0 aromatic rings. The molecule has 0 aromatic heterocycles. The van der Waals surface area contributed by atoms with Gasteiger partial charge in [-0.05, 0) is 37.8 Å². The second-order valence-corrected chi connectivity index (χ2v) is 6.88. The van der Waals surface area contributed by atoms with Gasteiger partial charge in [-0.15, -0.1) is 6.58 Å². The summed E-state index contributed by atoms with van der Waals surface area (Å²) in [5.74, 6) is 0.850. The van der Waals surface area contributed by atoms with E-state index in [1.54, 1.807) is 6.08 Å². The average Bonchev–Trinajstić information content (AvgIpc) is 2.43. The first kappa shape index (κ1) is 18.2. The Balaban J connectivity index is 2.82. The molecule has 2 heteroatoms. The summed E-state index contributed by atoms with van der Waals surface area (Å²) in [6, 6.07) is 0. The van der Waals surface area contributed by atoms with Crippen molar-refractivity contribution in [2.45, 2.75) is 19.8 Å². The van der Waals surface area contributed by atoms with Crippen LogP contribution in [0.4, 0.5) is 0 Å². The van der Waals surface area contributed by atoms with E-state index in [0.29, 0.717) is 11.8 Å². The number of hydrogen-bond acceptors (Lipinski definition) is 0. The minimum Gasteiger partial charge on any atom is -0.103 e. The lowest BCUT2D eigenvalue weighted by atomic mass is 9.92. The zero-order valence-electron chi connectivity index (χ0n) is 12.4. The van der Waals surface area contributed by atoms with Crippen molar-refractivity contribution in [2.75, 3.05) is 0 Å². The highest BCUT2D eigenvalue weighted by Crippen LogP contribution is 2.25. The van der Waals surface area contributed by atoms with Gasteiger partial charge in [0.15, 0.2) is 0 Å². The molecule has 0 spiro atoms. The van der Waals surface area contributed by atoms with Crippen LogP contribution in [0, 0.1) is 11.8 Å². The maximum absolute atomic E-state index is 3.87. The van der Waals surface area contributed by atoms with Crippen LogP contribution < -0.4 is 0 Å². The largest absolute Gasteiger partial charge is 0.103 e. The van der Waals surface area contributed by atoms with E-state index in [-0.39, 0.29) is 0 Å². The zero-order chi connectivity index (χ0) is 15.7. The molecule has 1 aliphatic rings. The summed E-state index contributed by atoms with van der Waals surface area (Å²) in [4.78, 5) is 0. The highest BCUT2D eigenvalue weighted by atomic mass is 79.9. The predicted octanol–water partition coefficient (Wildman–Crippen LogP) is 7.00. The van der Waals surface area contributed by atoms with Gasteiger partial charge in [0, 0.05) is 14.9 Å². The van der Waals surface area contributed by atoms with Crippen LogP contribution in [0.2, 0.25) is 0 Å². The van der Waals surface area contributed by atoms with Crippen molar-refractivity contribution in [2.24, 2.45) is 11.8 Å². The van der Waals surface area contributed by atoms with Gasteiger partial charge in [-0.2, -0.15) is 0 Å². The Labute approximate surface area is 145 Å². The average molecular weight is 410 g/mol. The molecule has 21 heavy (non-hydrogen) atoms. The van der Waals surface area contributed by atoms with Crippen molar-refractivity contribution in [3.05, 3.63) is 82.4 Å². The van der Waals surface area contributed by atoms with Crippen LogP contribution in [-0.4, -0.2) is 0 Å². The lowest BCUT2D eigenvalue weighted by Gasteiger charge is -2.14. The highest BCUT2D eigenvalue weighted by molar-refractivity contribution is 9.12. The van der Waals surface area contributed by atoms with Crippen molar-refractivity contribution in [3.63, 3.8) is 0 Å². The third-order valence-corrected chi connectivity index (χ3v) is 4.32. The van der Waals surface area contributed by atoms with Gasteiger partial charge in [0.1, 0.15) is 0 Å². The molecular formula is C19H22Br2. The Hall–Kier alpha value is -0.860. The third kappa shape index (κ3) is 7.10. The maximum atomic E-state index is 3.87. The van der Waals surface area contributed by atoms with Crippen molar-refractivity contribution in [1.29, 1.82) is 0 Å². The van der Waals surface area contributed by atoms with Crippen LogP contribution in [0.3, 0.4) is 0 Å². The molecule has 1 rings (SSSR count). The summed E-state index contributed by atoms with van der Waals surface area (Å²) in [6.07, 6.45) is 21.0. The molecule has 0 heterocycles. The fourth-order valence-electron chi connectivity index (χ4n) is 2.16. The molecule has 0 aliphatic heterocycles. The van der Waals surface area contributed by atoms with Crippen LogP contribution >= 0.6 is 31.9 Å². The maximum Gasteiger partial charge on any atom is 0.0174 e. The highest BCUT2D eigenvalue weighted by Gasteiger charge is 2.08. The van der Waals surface area contributed by atoms with Gasteiger partial charge < -0.3 is 0 Å². The number of halogens is 2. The summed E-state index contributed by atoms with van der Waals surface area (Å²) in [7, 11) is 0. The van der Waals surface area contributed by atoms with E-state index in [0.717, 1.165) is 21.8 Å². The Bertz CT molecular complexity index is 516. The lowest BCUT2D eigenvalue weighted by molar-refractivity contribution is 0.749. The summed E-state index contributed by atoms with van der Waals surface area (Å²) in [6.45, 7) is 9.74. The third-order valence-electron chi connectivity index (χ3n) is 3.30. The van der Waals surface area contributed by atoms with E-state index in [9.17, 15) is 0 Å². The Morgan fingerprint density at radius 2 is 2.24 bits per heavy atom. The molecule has 0 saturated heterocycles. The fourth-order valence-corrected chi connectivity index (χ4v) is 3.23. The summed E-state index contributed by atoms with van der Waals surface area (Å²) >= 11 is 7.07. The van der Waals surface area contributed by atoms with Crippen LogP contribution in [0.15, 0.2) is 82.4 Å². The molecule has 0 aromatic carbocycles. The Morgan fingerprint density at radius 3 is 2.86 bits per heavy atom. The van der Waals surface area contributed by atoms with E-state index in [4.69, 9.17) is 0 Å². The van der Waals surface area contributed by atoms with Crippen LogP contribution in [0.1, 0.15) is 19.8 Å². The number of hydrogen-bond donors (Lipinski definition) is 0. The molecule has 0 nitrogen and oxygen atoms in total. The summed E-state index contributed by atoms with van der Waals surface area (Å²) in [5.41, 5.74) is 1.31. The van der Waals surface area contributed by atoms with Gasteiger partial charge in [-0.3, -0.25) is 0 Å². The first-order chi connectivity index (χ1) is 10.1. The Morgan fingerprint density at radius 1 is 1.48 bits per heavy atom. The molecule has 1 aliphatic carbocycles. The molecule has 112 valence electrons. The van der Waals surface area contributed by atoms with Gasteiger partial charge in [0.25, 0.3) is 0 Å². The fraction of sp³-hybridized carbons (Fsp3) is 0.263. The second kappa shape index (κ2) is 9.97. The zero-order valence-corrected chi connectivity index (χ0v) is 15.6. The van der Waals surface area contributed by atoms with E-state index in [2.05, 4.69) is 88.4 Å². The van der Waals surface area contributed by atoms with Gasteiger partial charge in [-0.1, -0.05) is 86.5 Å². The topological polar surface area (TPSA) is 0 Å². The molecule has 0 bridgehead atoms. The lowest BCUT2D eigenvalue weighted by Crippen LogP contribution is -2.00. The first-order valence-corrected chi connectivity index (χ1v) is 8.65. The van der Waals surface area contributed by atoms with Gasteiger partial charge in [-0.25, -0.2) is 0 Å². The van der Waals surface area contributed by atoms with Crippen molar-refractivity contribution < 1.29 is 0 Å². The number of rotatable bonds is 7. The standard InChI is InChI=1S/C19H22Br2/c1-4-7-17(15(3)13-18(20)8-5-2)12-11-16-9-6-10-19(21)14-16/h4-6,8,10-14,16-17H,1-2,7,9H2,3H3/b12-11+,15-13+,18-8+. The first-order valence-electron chi connectivity index (χ1n) is 7.06. The SMILES string of the molecule is C=C/C=C(Br)\C=C(/C)C(/C=C/C1C=C(Br)C=CC1)CC=C. The molecule has 0 radical (unpaired) electrons. The quantitative estimate of drug-likeness (QED) is 0.313. The minimum absolute atomic E-state index is 0.381. The molecule has 2 atom stereocenters. The van der Waals surface area contributed by atoms with E-state index in [1.807, 2.05) is 12.2 Å². The van der Waals surface area contributed by atoms with E-state index in [1.165, 1.54) is 5.57 Å². The molecule has 0 N–H and O–H groups in total. The Kier molecular flexibility index (Phi) is 8.63. The number of allylic oxidation sites excluding steroid dienone is 12. The van der Waals surface area contributed by atoms with Gasteiger partial charge in [0.2, 0.25) is 0 Å². The normalized spacial score (nSPS) is 21.3. The van der Waals surface area contributed by atoms with Crippen LogP contribution in [-0.2, 0) is 0 Å².